The topological polar surface area (TPSA) is 34.1 Å². The number of Topliss-reactive ketones (excluding diaryl/α,β-unsaturated/α-hetero) is 2. The zero-order valence-corrected chi connectivity index (χ0v) is 7.77. The summed E-state index contributed by atoms with van der Waals surface area (Å²) in [5.41, 5.74) is 0. The number of rotatable bonds is 4. The van der Waals surface area contributed by atoms with Crippen molar-refractivity contribution in [2.75, 3.05) is 0 Å². The van der Waals surface area contributed by atoms with Crippen LogP contribution in [0.2, 0.25) is 0 Å². The lowest BCUT2D eigenvalue weighted by atomic mass is 10.1. The van der Waals surface area contributed by atoms with Gasteiger partial charge in [0.1, 0.15) is 0 Å². The number of carbonyl (C=O) groups excluding carboxylic acids is 2. The second kappa shape index (κ2) is 4.61. The molecule has 0 radical (unpaired) electrons. The van der Waals surface area contributed by atoms with Crippen molar-refractivity contribution in [1.82, 2.24) is 0 Å². The average molecular weight is 207 g/mol. The Hall–Kier alpha value is -0.180. The predicted molar refractivity (Wildman–Crippen MR) is 43.3 cm³/mol. The molecule has 0 N–H and O–H groups in total. The van der Waals surface area contributed by atoms with E-state index in [1.807, 2.05) is 6.92 Å². The van der Waals surface area contributed by atoms with Crippen molar-refractivity contribution in [2.45, 2.75) is 31.5 Å². The number of alkyl halides is 1. The third-order valence-corrected chi connectivity index (χ3v) is 2.05. The first-order valence-electron chi connectivity index (χ1n) is 3.28. The molecule has 0 fully saturated rings. The maximum absolute atomic E-state index is 10.8. The average Bonchev–Trinajstić information content (AvgIpc) is 1.87. The molecule has 2 nitrogen and oxygen atoms in total. The molecule has 58 valence electrons. The Kier molecular flexibility index (Phi) is 4.52. The van der Waals surface area contributed by atoms with E-state index in [0.717, 1.165) is 12.8 Å². The van der Waals surface area contributed by atoms with Gasteiger partial charge in [0, 0.05) is 6.92 Å². The Morgan fingerprint density at radius 3 is 2.30 bits per heavy atom. The van der Waals surface area contributed by atoms with Crippen molar-refractivity contribution in [2.24, 2.45) is 0 Å². The second-order valence-electron chi connectivity index (χ2n) is 2.18. The van der Waals surface area contributed by atoms with Crippen LogP contribution in [0.5, 0.6) is 0 Å². The minimum atomic E-state index is -0.365. The molecule has 0 saturated heterocycles. The van der Waals surface area contributed by atoms with Crippen LogP contribution in [0.4, 0.5) is 0 Å². The minimum Gasteiger partial charge on any atom is -0.291 e. The first-order valence-corrected chi connectivity index (χ1v) is 4.20. The van der Waals surface area contributed by atoms with Gasteiger partial charge in [-0.05, 0) is 6.42 Å². The molecule has 0 aromatic heterocycles. The standard InChI is InChI=1S/C7H11BrO2/c1-3-4-6(8)7(10)5(2)9/h6H,3-4H2,1-2H3. The van der Waals surface area contributed by atoms with E-state index < -0.39 is 0 Å². The van der Waals surface area contributed by atoms with Crippen molar-refractivity contribution in [1.29, 1.82) is 0 Å². The van der Waals surface area contributed by atoms with Crippen LogP contribution in [0.25, 0.3) is 0 Å². The number of hydrogen-bond donors (Lipinski definition) is 0. The van der Waals surface area contributed by atoms with Crippen LogP contribution in [0.15, 0.2) is 0 Å². The molecule has 0 aliphatic rings. The van der Waals surface area contributed by atoms with Gasteiger partial charge in [0.05, 0.1) is 4.83 Å². The molecule has 0 aliphatic heterocycles. The van der Waals surface area contributed by atoms with Gasteiger partial charge in [-0.25, -0.2) is 0 Å². The zero-order chi connectivity index (χ0) is 8.15. The summed E-state index contributed by atoms with van der Waals surface area (Å²) in [5, 5.41) is 0. The summed E-state index contributed by atoms with van der Waals surface area (Å²) in [6.07, 6.45) is 1.65. The summed E-state index contributed by atoms with van der Waals surface area (Å²) in [5.74, 6) is -0.683. The maximum Gasteiger partial charge on any atom is 0.211 e. The van der Waals surface area contributed by atoms with Crippen molar-refractivity contribution in [3.05, 3.63) is 0 Å². The van der Waals surface area contributed by atoms with Crippen LogP contribution < -0.4 is 0 Å². The van der Waals surface area contributed by atoms with Crippen LogP contribution in [0.1, 0.15) is 26.7 Å². The molecular weight excluding hydrogens is 196 g/mol. The molecule has 0 aliphatic carbocycles. The summed E-state index contributed by atoms with van der Waals surface area (Å²) in [6.45, 7) is 3.27. The third-order valence-electron chi connectivity index (χ3n) is 1.17. The van der Waals surface area contributed by atoms with Gasteiger partial charge in [-0.1, -0.05) is 29.3 Å². The smallest absolute Gasteiger partial charge is 0.211 e. The lowest BCUT2D eigenvalue weighted by Crippen LogP contribution is -2.20. The molecule has 10 heavy (non-hydrogen) atoms. The van der Waals surface area contributed by atoms with E-state index in [1.54, 1.807) is 0 Å². The third kappa shape index (κ3) is 3.11. The molecule has 0 amide bonds. The number of ketones is 2. The van der Waals surface area contributed by atoms with E-state index in [4.69, 9.17) is 0 Å². The molecule has 1 atom stereocenters. The quantitative estimate of drug-likeness (QED) is 0.519. The van der Waals surface area contributed by atoms with Crippen molar-refractivity contribution < 1.29 is 9.59 Å². The minimum absolute atomic E-state index is 0.269. The Bertz CT molecular complexity index is 143. The van der Waals surface area contributed by atoms with E-state index in [1.165, 1.54) is 6.92 Å². The Morgan fingerprint density at radius 1 is 1.50 bits per heavy atom. The van der Waals surface area contributed by atoms with E-state index in [2.05, 4.69) is 15.9 Å². The highest BCUT2D eigenvalue weighted by atomic mass is 79.9. The summed E-state index contributed by atoms with van der Waals surface area (Å²) in [4.78, 5) is 21.0. The first-order chi connectivity index (χ1) is 4.59. The van der Waals surface area contributed by atoms with Crippen LogP contribution in [0, 0.1) is 0 Å². The number of halogens is 1. The molecule has 1 unspecified atom stereocenters. The molecule has 0 rings (SSSR count). The Balaban J connectivity index is 3.82. The van der Waals surface area contributed by atoms with Gasteiger partial charge in [-0.2, -0.15) is 0 Å². The molecule has 0 spiro atoms. The summed E-state index contributed by atoms with van der Waals surface area (Å²) >= 11 is 3.13. The highest BCUT2D eigenvalue weighted by molar-refractivity contribution is 9.10. The molecule has 3 heteroatoms. The van der Waals surface area contributed by atoms with Crippen LogP contribution >= 0.6 is 15.9 Å². The summed E-state index contributed by atoms with van der Waals surface area (Å²) < 4.78 is 0. The molecule has 0 saturated carbocycles. The number of hydrogen-bond acceptors (Lipinski definition) is 2. The molecule has 0 aromatic rings. The summed E-state index contributed by atoms with van der Waals surface area (Å²) in [6, 6.07) is 0. The van der Waals surface area contributed by atoms with Gasteiger partial charge < -0.3 is 0 Å². The predicted octanol–water partition coefficient (Wildman–Crippen LogP) is 1.71. The van der Waals surface area contributed by atoms with Gasteiger partial charge >= 0.3 is 0 Å². The van der Waals surface area contributed by atoms with Crippen molar-refractivity contribution in [3.8, 4) is 0 Å². The van der Waals surface area contributed by atoms with Gasteiger partial charge in [0.2, 0.25) is 5.78 Å². The van der Waals surface area contributed by atoms with E-state index >= 15 is 0 Å². The maximum atomic E-state index is 10.8. The Labute approximate surface area is 69.1 Å². The normalized spacial score (nSPS) is 12.7. The number of carbonyl (C=O) groups is 2. The molecule has 0 heterocycles. The largest absolute Gasteiger partial charge is 0.291 e. The fraction of sp³-hybridized carbons (Fsp3) is 0.714. The van der Waals surface area contributed by atoms with Gasteiger partial charge in [0.25, 0.3) is 0 Å². The van der Waals surface area contributed by atoms with Crippen molar-refractivity contribution >= 4 is 27.5 Å². The highest BCUT2D eigenvalue weighted by Gasteiger charge is 2.17. The van der Waals surface area contributed by atoms with E-state index in [0.29, 0.717) is 0 Å². The van der Waals surface area contributed by atoms with Gasteiger partial charge in [-0.15, -0.1) is 0 Å². The Morgan fingerprint density at radius 2 is 2.00 bits per heavy atom. The van der Waals surface area contributed by atoms with Crippen LogP contribution in [-0.2, 0) is 9.59 Å². The highest BCUT2D eigenvalue weighted by Crippen LogP contribution is 2.08. The zero-order valence-electron chi connectivity index (χ0n) is 6.19. The van der Waals surface area contributed by atoms with Crippen LogP contribution in [0.3, 0.4) is 0 Å². The van der Waals surface area contributed by atoms with Gasteiger partial charge in [-0.3, -0.25) is 9.59 Å². The van der Waals surface area contributed by atoms with Crippen LogP contribution in [-0.4, -0.2) is 16.4 Å². The first kappa shape index (κ1) is 9.82. The molecular formula is C7H11BrO2. The van der Waals surface area contributed by atoms with E-state index in [-0.39, 0.29) is 16.4 Å². The van der Waals surface area contributed by atoms with Crippen molar-refractivity contribution in [3.63, 3.8) is 0 Å². The second-order valence-corrected chi connectivity index (χ2v) is 3.28. The van der Waals surface area contributed by atoms with E-state index in [9.17, 15) is 9.59 Å². The lowest BCUT2D eigenvalue weighted by Gasteiger charge is -2.02. The fourth-order valence-corrected chi connectivity index (χ4v) is 1.39. The fourth-order valence-electron chi connectivity index (χ4n) is 0.605. The molecule has 0 bridgehead atoms. The lowest BCUT2D eigenvalue weighted by molar-refractivity contribution is -0.134. The van der Waals surface area contributed by atoms with Gasteiger partial charge in [0.15, 0.2) is 5.78 Å². The monoisotopic (exact) mass is 206 g/mol. The molecule has 0 aromatic carbocycles. The SMILES string of the molecule is CCCC(Br)C(=O)C(C)=O. The summed E-state index contributed by atoms with van der Waals surface area (Å²) in [7, 11) is 0.